The summed E-state index contributed by atoms with van der Waals surface area (Å²) in [6.45, 7) is 9.95. The largest absolute Gasteiger partial charge is 0.354 e. The number of piperidine rings is 1. The molecule has 0 bridgehead atoms. The third-order valence-electron chi connectivity index (χ3n) is 4.19. The van der Waals surface area contributed by atoms with Gasteiger partial charge in [-0.2, -0.15) is 5.26 Å². The molecule has 0 unspecified atom stereocenters. The number of aliphatic imine (C=N–C) groups is 1. The molecule has 5 nitrogen and oxygen atoms in total. The summed E-state index contributed by atoms with van der Waals surface area (Å²) in [6.07, 6.45) is 2.23. The van der Waals surface area contributed by atoms with E-state index >= 15 is 0 Å². The molecule has 2 N–H and O–H groups in total. The van der Waals surface area contributed by atoms with Gasteiger partial charge in [0.2, 0.25) is 0 Å². The zero-order valence-corrected chi connectivity index (χ0v) is 14.7. The average Bonchev–Trinajstić information content (AvgIpc) is 2.60. The van der Waals surface area contributed by atoms with Crippen LogP contribution < -0.4 is 10.6 Å². The molecule has 1 aromatic carbocycles. The predicted molar refractivity (Wildman–Crippen MR) is 98.8 cm³/mol. The number of nitrogens with one attached hydrogen (secondary N) is 2. The van der Waals surface area contributed by atoms with E-state index in [1.54, 1.807) is 7.05 Å². The van der Waals surface area contributed by atoms with Crippen molar-refractivity contribution < 1.29 is 0 Å². The van der Waals surface area contributed by atoms with Crippen LogP contribution in [0.1, 0.15) is 30.9 Å². The van der Waals surface area contributed by atoms with Gasteiger partial charge in [-0.05, 0) is 37.5 Å². The second-order valence-electron chi connectivity index (χ2n) is 6.39. The Morgan fingerprint density at radius 2 is 2.00 bits per heavy atom. The zero-order valence-electron chi connectivity index (χ0n) is 14.7. The van der Waals surface area contributed by atoms with Crippen LogP contribution in [0.15, 0.2) is 41.4 Å². The van der Waals surface area contributed by atoms with Crippen molar-refractivity contribution >= 4 is 5.96 Å². The van der Waals surface area contributed by atoms with E-state index in [0.29, 0.717) is 18.2 Å². The Hall–Kier alpha value is -2.32. The van der Waals surface area contributed by atoms with E-state index in [0.717, 1.165) is 44.0 Å². The van der Waals surface area contributed by atoms with Crippen LogP contribution in [0.5, 0.6) is 0 Å². The van der Waals surface area contributed by atoms with Crippen LogP contribution in [0.3, 0.4) is 0 Å². The van der Waals surface area contributed by atoms with Gasteiger partial charge in [0.05, 0.1) is 11.6 Å². The lowest BCUT2D eigenvalue weighted by Gasteiger charge is -2.33. The van der Waals surface area contributed by atoms with Crippen LogP contribution >= 0.6 is 0 Å². The van der Waals surface area contributed by atoms with Gasteiger partial charge >= 0.3 is 0 Å². The number of hydrogen-bond acceptors (Lipinski definition) is 3. The highest BCUT2D eigenvalue weighted by atomic mass is 15.2. The Labute approximate surface area is 145 Å². The topological polar surface area (TPSA) is 63.4 Å². The van der Waals surface area contributed by atoms with Crippen molar-refractivity contribution in [3.8, 4) is 6.07 Å². The van der Waals surface area contributed by atoms with Crippen molar-refractivity contribution in [2.24, 2.45) is 4.99 Å². The maximum Gasteiger partial charge on any atom is 0.191 e. The molecule has 0 atom stereocenters. The van der Waals surface area contributed by atoms with Crippen molar-refractivity contribution in [1.82, 2.24) is 15.5 Å². The molecule has 128 valence electrons. The van der Waals surface area contributed by atoms with Gasteiger partial charge in [-0.25, -0.2) is 0 Å². The van der Waals surface area contributed by atoms with Crippen LogP contribution in [0, 0.1) is 11.3 Å². The van der Waals surface area contributed by atoms with E-state index in [4.69, 9.17) is 5.26 Å². The maximum atomic E-state index is 8.83. The Morgan fingerprint density at radius 1 is 1.33 bits per heavy atom. The molecule has 1 aliphatic heterocycles. The fourth-order valence-corrected chi connectivity index (χ4v) is 2.89. The highest BCUT2D eigenvalue weighted by Gasteiger charge is 2.19. The summed E-state index contributed by atoms with van der Waals surface area (Å²) in [4.78, 5) is 6.76. The molecule has 5 heteroatoms. The lowest BCUT2D eigenvalue weighted by atomic mass is 10.0. The van der Waals surface area contributed by atoms with Gasteiger partial charge < -0.3 is 10.6 Å². The minimum atomic E-state index is 0.457. The van der Waals surface area contributed by atoms with Crippen LogP contribution in [0.4, 0.5) is 0 Å². The minimum Gasteiger partial charge on any atom is -0.354 e. The number of benzene rings is 1. The maximum absolute atomic E-state index is 8.83. The van der Waals surface area contributed by atoms with Crippen LogP contribution in [0.25, 0.3) is 0 Å². The fourth-order valence-electron chi connectivity index (χ4n) is 2.89. The number of nitriles is 1. The summed E-state index contributed by atoms with van der Waals surface area (Å²) in [5.41, 5.74) is 3.04. The van der Waals surface area contributed by atoms with Gasteiger partial charge in [-0.15, -0.1) is 0 Å². The lowest BCUT2D eigenvalue weighted by Crippen LogP contribution is -2.48. The van der Waals surface area contributed by atoms with Crippen molar-refractivity contribution in [3.63, 3.8) is 0 Å². The third-order valence-corrected chi connectivity index (χ3v) is 4.19. The number of likely N-dealkylation sites (tertiary alicyclic amines) is 1. The minimum absolute atomic E-state index is 0.457. The van der Waals surface area contributed by atoms with Crippen molar-refractivity contribution in [1.29, 1.82) is 5.26 Å². The van der Waals surface area contributed by atoms with Gasteiger partial charge in [-0.1, -0.05) is 24.3 Å². The van der Waals surface area contributed by atoms with Crippen molar-refractivity contribution in [2.45, 2.75) is 32.4 Å². The first-order valence-corrected chi connectivity index (χ1v) is 8.43. The van der Waals surface area contributed by atoms with Gasteiger partial charge in [0.15, 0.2) is 5.96 Å². The summed E-state index contributed by atoms with van der Waals surface area (Å²) >= 11 is 0. The quantitative estimate of drug-likeness (QED) is 0.495. The van der Waals surface area contributed by atoms with Gasteiger partial charge in [0.1, 0.15) is 0 Å². The van der Waals surface area contributed by atoms with E-state index in [2.05, 4.69) is 40.1 Å². The first kappa shape index (κ1) is 18.0. The van der Waals surface area contributed by atoms with Crippen LogP contribution in [-0.2, 0) is 6.54 Å². The standard InChI is InChI=1S/C19H27N5/c1-15(2)14-24-10-8-18(9-11-24)23-19(21-3)22-13-17-6-4-16(12-20)5-7-17/h4-7,18H,1,8-11,13-14H2,2-3H3,(H2,21,22,23). The van der Waals surface area contributed by atoms with E-state index in [1.807, 2.05) is 24.3 Å². The number of nitrogens with zero attached hydrogens (tertiary/aromatic N) is 3. The Morgan fingerprint density at radius 3 is 2.54 bits per heavy atom. The van der Waals surface area contributed by atoms with Crippen LogP contribution in [0.2, 0.25) is 0 Å². The molecule has 0 radical (unpaired) electrons. The van der Waals surface area contributed by atoms with Gasteiger partial charge in [0.25, 0.3) is 0 Å². The third kappa shape index (κ3) is 5.71. The smallest absolute Gasteiger partial charge is 0.191 e. The molecular formula is C19H27N5. The number of guanidine groups is 1. The molecule has 1 heterocycles. The molecule has 0 aromatic heterocycles. The molecule has 0 aliphatic carbocycles. The van der Waals surface area contributed by atoms with E-state index in [1.165, 1.54) is 5.57 Å². The Balaban J connectivity index is 1.76. The fraction of sp³-hybridized carbons (Fsp3) is 0.474. The lowest BCUT2D eigenvalue weighted by molar-refractivity contribution is 0.221. The highest BCUT2D eigenvalue weighted by molar-refractivity contribution is 5.79. The first-order valence-electron chi connectivity index (χ1n) is 8.43. The zero-order chi connectivity index (χ0) is 17.4. The molecule has 1 aliphatic rings. The molecule has 0 amide bonds. The molecule has 1 saturated heterocycles. The van der Waals surface area contributed by atoms with Crippen molar-refractivity contribution in [3.05, 3.63) is 47.5 Å². The average molecular weight is 325 g/mol. The summed E-state index contributed by atoms with van der Waals surface area (Å²) in [5.74, 6) is 0.831. The molecule has 0 spiro atoms. The second-order valence-corrected chi connectivity index (χ2v) is 6.39. The first-order chi connectivity index (χ1) is 11.6. The molecule has 0 saturated carbocycles. The van der Waals surface area contributed by atoms with E-state index in [9.17, 15) is 0 Å². The summed E-state index contributed by atoms with van der Waals surface area (Å²) in [5, 5.41) is 15.7. The van der Waals surface area contributed by atoms with E-state index < -0.39 is 0 Å². The number of rotatable bonds is 5. The van der Waals surface area contributed by atoms with Crippen LogP contribution in [-0.4, -0.2) is 43.6 Å². The summed E-state index contributed by atoms with van der Waals surface area (Å²) in [6, 6.07) is 10.2. The Kier molecular flexibility index (Phi) is 6.83. The summed E-state index contributed by atoms with van der Waals surface area (Å²) in [7, 11) is 1.80. The van der Waals surface area contributed by atoms with Gasteiger partial charge in [-0.3, -0.25) is 9.89 Å². The SMILES string of the molecule is C=C(C)CN1CCC(NC(=NC)NCc2ccc(C#N)cc2)CC1. The van der Waals surface area contributed by atoms with E-state index in [-0.39, 0.29) is 0 Å². The molecule has 1 fully saturated rings. The van der Waals surface area contributed by atoms with Gasteiger partial charge in [0, 0.05) is 39.3 Å². The van der Waals surface area contributed by atoms with Crippen molar-refractivity contribution in [2.75, 3.05) is 26.7 Å². The molecular weight excluding hydrogens is 298 g/mol. The molecule has 1 aromatic rings. The summed E-state index contributed by atoms with van der Waals surface area (Å²) < 4.78 is 0. The monoisotopic (exact) mass is 325 g/mol. The highest BCUT2D eigenvalue weighted by Crippen LogP contribution is 2.11. The Bertz CT molecular complexity index is 604. The predicted octanol–water partition coefficient (Wildman–Crippen LogP) is 2.26. The second kappa shape index (κ2) is 9.09. The number of hydrogen-bond donors (Lipinski definition) is 2. The molecule has 24 heavy (non-hydrogen) atoms. The molecule has 2 rings (SSSR count). The normalized spacial score (nSPS) is 16.5.